The zero-order valence-electron chi connectivity index (χ0n) is 15.5. The van der Waals surface area contributed by atoms with Gasteiger partial charge in [-0.1, -0.05) is 29.5 Å². The van der Waals surface area contributed by atoms with Crippen LogP contribution in [0.2, 0.25) is 0 Å². The summed E-state index contributed by atoms with van der Waals surface area (Å²) in [6.07, 6.45) is 0. The number of hydrogen-bond donors (Lipinski definition) is 1. The topological polar surface area (TPSA) is 81.9 Å². The van der Waals surface area contributed by atoms with Gasteiger partial charge in [0.1, 0.15) is 5.75 Å². The molecule has 3 aromatic rings. The van der Waals surface area contributed by atoms with Crippen molar-refractivity contribution in [3.05, 3.63) is 53.6 Å². The van der Waals surface area contributed by atoms with E-state index in [-0.39, 0.29) is 11.7 Å². The molecule has 0 aliphatic carbocycles. The summed E-state index contributed by atoms with van der Waals surface area (Å²) in [5, 5.41) is 15.3. The maximum Gasteiger partial charge on any atom is 0.234 e. The fourth-order valence-corrected chi connectivity index (χ4v) is 3.28. The summed E-state index contributed by atoms with van der Waals surface area (Å²) in [4.78, 5) is 12.2. The number of nitrogens with one attached hydrogen (secondary N) is 1. The number of anilines is 1. The fourth-order valence-electron chi connectivity index (χ4n) is 2.59. The smallest absolute Gasteiger partial charge is 0.234 e. The van der Waals surface area contributed by atoms with Crippen LogP contribution in [0.15, 0.2) is 47.6 Å². The van der Waals surface area contributed by atoms with Gasteiger partial charge in [-0.05, 0) is 67.1 Å². The van der Waals surface area contributed by atoms with Crippen molar-refractivity contribution in [2.24, 2.45) is 0 Å². The highest BCUT2D eigenvalue weighted by Gasteiger charge is 2.13. The van der Waals surface area contributed by atoms with E-state index >= 15 is 0 Å². The van der Waals surface area contributed by atoms with E-state index in [1.807, 2.05) is 57.2 Å². The van der Waals surface area contributed by atoms with Gasteiger partial charge < -0.3 is 10.1 Å². The molecule has 0 aliphatic heterocycles. The standard InChI is InChI=1S/C19H21N5O2S/c1-4-26-16-8-6-15(7-9-16)20-18(25)12-27-19-21-22-23-24(19)17-10-5-13(2)11-14(17)3/h5-11H,4,12H2,1-3H3,(H,20,25). The van der Waals surface area contributed by atoms with Crippen molar-refractivity contribution in [3.63, 3.8) is 0 Å². The molecular formula is C19H21N5O2S. The van der Waals surface area contributed by atoms with Crippen molar-refractivity contribution in [2.75, 3.05) is 17.7 Å². The van der Waals surface area contributed by atoms with Crippen LogP contribution in [0.4, 0.5) is 5.69 Å². The van der Waals surface area contributed by atoms with Gasteiger partial charge in [-0.15, -0.1) is 5.10 Å². The Kier molecular flexibility index (Phi) is 6.08. The molecular weight excluding hydrogens is 362 g/mol. The molecule has 0 spiro atoms. The van der Waals surface area contributed by atoms with Crippen LogP contribution in [0.1, 0.15) is 18.1 Å². The summed E-state index contributed by atoms with van der Waals surface area (Å²) in [5.41, 5.74) is 3.87. The average Bonchev–Trinajstić information content (AvgIpc) is 3.10. The Hall–Kier alpha value is -2.87. The number of aryl methyl sites for hydroxylation is 2. The van der Waals surface area contributed by atoms with Crippen LogP contribution >= 0.6 is 11.8 Å². The quantitative estimate of drug-likeness (QED) is 0.630. The van der Waals surface area contributed by atoms with Gasteiger partial charge in [-0.3, -0.25) is 4.79 Å². The van der Waals surface area contributed by atoms with Crippen LogP contribution in [0.5, 0.6) is 5.75 Å². The van der Waals surface area contributed by atoms with Gasteiger partial charge in [0, 0.05) is 5.69 Å². The van der Waals surface area contributed by atoms with Gasteiger partial charge in [0.15, 0.2) is 0 Å². The fraction of sp³-hybridized carbons (Fsp3) is 0.263. The summed E-state index contributed by atoms with van der Waals surface area (Å²) < 4.78 is 7.05. The van der Waals surface area contributed by atoms with E-state index in [0.29, 0.717) is 11.8 Å². The second kappa shape index (κ2) is 8.68. The molecule has 0 atom stereocenters. The Morgan fingerprint density at radius 2 is 1.96 bits per heavy atom. The molecule has 140 valence electrons. The van der Waals surface area contributed by atoms with Gasteiger partial charge >= 0.3 is 0 Å². The van der Waals surface area contributed by atoms with Crippen LogP contribution in [-0.4, -0.2) is 38.5 Å². The molecule has 0 fully saturated rings. The number of amides is 1. The number of benzene rings is 2. The van der Waals surface area contributed by atoms with Gasteiger partial charge in [0.25, 0.3) is 0 Å². The van der Waals surface area contributed by atoms with E-state index in [4.69, 9.17) is 4.74 Å². The Bertz CT molecular complexity index is 924. The number of carbonyl (C=O) groups is 1. The number of carbonyl (C=O) groups excluding carboxylic acids is 1. The van der Waals surface area contributed by atoms with Crippen molar-refractivity contribution >= 4 is 23.4 Å². The molecule has 0 aliphatic rings. The minimum absolute atomic E-state index is 0.126. The largest absolute Gasteiger partial charge is 0.494 e. The molecule has 1 amide bonds. The molecule has 0 bridgehead atoms. The lowest BCUT2D eigenvalue weighted by molar-refractivity contribution is -0.113. The van der Waals surface area contributed by atoms with Crippen molar-refractivity contribution in [2.45, 2.75) is 25.9 Å². The first-order chi connectivity index (χ1) is 13.1. The highest BCUT2D eigenvalue weighted by molar-refractivity contribution is 7.99. The maximum atomic E-state index is 12.2. The highest BCUT2D eigenvalue weighted by atomic mass is 32.2. The van der Waals surface area contributed by atoms with Crippen molar-refractivity contribution in [1.82, 2.24) is 20.2 Å². The molecule has 0 saturated carbocycles. The third-order valence-electron chi connectivity index (χ3n) is 3.80. The molecule has 0 saturated heterocycles. The van der Waals surface area contributed by atoms with Crippen LogP contribution in [-0.2, 0) is 4.79 Å². The molecule has 0 radical (unpaired) electrons. The van der Waals surface area contributed by atoms with E-state index in [9.17, 15) is 4.79 Å². The number of aromatic nitrogens is 4. The summed E-state index contributed by atoms with van der Waals surface area (Å²) in [5.74, 6) is 0.857. The maximum absolute atomic E-state index is 12.2. The Labute approximate surface area is 162 Å². The second-order valence-corrected chi connectivity index (χ2v) is 6.90. The third-order valence-corrected chi connectivity index (χ3v) is 4.72. The van der Waals surface area contributed by atoms with E-state index < -0.39 is 0 Å². The van der Waals surface area contributed by atoms with Crippen LogP contribution in [0.25, 0.3) is 5.69 Å². The predicted molar refractivity (Wildman–Crippen MR) is 106 cm³/mol. The van der Waals surface area contributed by atoms with E-state index in [1.54, 1.807) is 4.68 Å². The minimum atomic E-state index is -0.126. The second-order valence-electron chi connectivity index (χ2n) is 5.96. The molecule has 7 nitrogen and oxygen atoms in total. The Balaban J connectivity index is 1.62. The summed E-state index contributed by atoms with van der Waals surface area (Å²) in [6.45, 7) is 6.59. The number of tetrazole rings is 1. The first-order valence-corrected chi connectivity index (χ1v) is 9.57. The molecule has 2 aromatic carbocycles. The molecule has 1 heterocycles. The lowest BCUT2D eigenvalue weighted by Crippen LogP contribution is -2.14. The van der Waals surface area contributed by atoms with Gasteiger partial charge in [-0.2, -0.15) is 4.68 Å². The lowest BCUT2D eigenvalue weighted by Gasteiger charge is -2.09. The third kappa shape index (κ3) is 4.85. The molecule has 3 rings (SSSR count). The van der Waals surface area contributed by atoms with Crippen molar-refractivity contribution < 1.29 is 9.53 Å². The lowest BCUT2D eigenvalue weighted by atomic mass is 10.1. The van der Waals surface area contributed by atoms with E-state index in [1.165, 1.54) is 17.3 Å². The Morgan fingerprint density at radius 3 is 2.67 bits per heavy atom. The summed E-state index contributed by atoms with van der Waals surface area (Å²) in [6, 6.07) is 13.3. The number of rotatable bonds is 7. The van der Waals surface area contributed by atoms with Gasteiger partial charge in [0.05, 0.1) is 18.0 Å². The van der Waals surface area contributed by atoms with Crippen molar-refractivity contribution in [1.29, 1.82) is 0 Å². The van der Waals surface area contributed by atoms with Crippen LogP contribution < -0.4 is 10.1 Å². The molecule has 27 heavy (non-hydrogen) atoms. The molecule has 1 aromatic heterocycles. The van der Waals surface area contributed by atoms with Crippen LogP contribution in [0.3, 0.4) is 0 Å². The average molecular weight is 383 g/mol. The minimum Gasteiger partial charge on any atom is -0.494 e. The van der Waals surface area contributed by atoms with E-state index in [0.717, 1.165) is 22.7 Å². The molecule has 0 unspecified atom stereocenters. The normalized spacial score (nSPS) is 10.6. The highest BCUT2D eigenvalue weighted by Crippen LogP contribution is 2.22. The van der Waals surface area contributed by atoms with Crippen molar-refractivity contribution in [3.8, 4) is 11.4 Å². The zero-order valence-corrected chi connectivity index (χ0v) is 16.3. The van der Waals surface area contributed by atoms with Crippen LogP contribution in [0, 0.1) is 13.8 Å². The predicted octanol–water partition coefficient (Wildman–Crippen LogP) is 3.41. The zero-order chi connectivity index (χ0) is 19.2. The Morgan fingerprint density at radius 1 is 1.19 bits per heavy atom. The van der Waals surface area contributed by atoms with E-state index in [2.05, 4.69) is 26.9 Å². The monoisotopic (exact) mass is 383 g/mol. The number of nitrogens with zero attached hydrogens (tertiary/aromatic N) is 4. The molecule has 1 N–H and O–H groups in total. The number of hydrogen-bond acceptors (Lipinski definition) is 6. The number of ether oxygens (including phenoxy) is 1. The summed E-state index contributed by atoms with van der Waals surface area (Å²) in [7, 11) is 0. The first-order valence-electron chi connectivity index (χ1n) is 8.58. The molecule has 8 heteroatoms. The van der Waals surface area contributed by atoms with Gasteiger partial charge in [-0.25, -0.2) is 0 Å². The SMILES string of the molecule is CCOc1ccc(NC(=O)CSc2nnnn2-c2ccc(C)cc2C)cc1. The number of thioether (sulfide) groups is 1. The van der Waals surface area contributed by atoms with Gasteiger partial charge in [0.2, 0.25) is 11.1 Å². The first kappa shape index (κ1) is 18.9. The summed E-state index contributed by atoms with van der Waals surface area (Å²) >= 11 is 1.29.